The second-order valence-corrected chi connectivity index (χ2v) is 5.17. The average Bonchev–Trinajstić information content (AvgIpc) is 2.16. The Labute approximate surface area is 108 Å². The summed E-state index contributed by atoms with van der Waals surface area (Å²) in [6.45, 7) is 0. The Morgan fingerprint density at radius 1 is 1.00 bits per heavy atom. The molecule has 0 fully saturated rings. The highest BCUT2D eigenvalue weighted by molar-refractivity contribution is 8.16. The molecule has 0 spiro atoms. The Morgan fingerprint density at radius 2 is 1.31 bits per heavy atom. The van der Waals surface area contributed by atoms with Crippen molar-refractivity contribution in [3.8, 4) is 0 Å². The second kappa shape index (κ2) is 10.0. The quantitative estimate of drug-likeness (QED) is 0.353. The third kappa shape index (κ3) is 9.10. The minimum absolute atomic E-state index is 0. The Kier molecular flexibility index (Phi) is 11.4. The highest BCUT2D eigenvalue weighted by atomic mass is 35.5. The summed E-state index contributed by atoms with van der Waals surface area (Å²) >= 11 is 2.70. The third-order valence-corrected chi connectivity index (χ3v) is 3.92. The van der Waals surface area contributed by atoms with Gasteiger partial charge in [-0.25, -0.2) is 0 Å². The molecule has 0 radical (unpaired) electrons. The third-order valence-electron chi connectivity index (χ3n) is 1.40. The molecule has 6 nitrogen and oxygen atoms in total. The van der Waals surface area contributed by atoms with Crippen LogP contribution in [0.3, 0.4) is 0 Å². The zero-order valence-corrected chi connectivity index (χ0v) is 10.8. The molecule has 0 heterocycles. The minimum atomic E-state index is -1.03. The molecule has 0 aromatic carbocycles. The van der Waals surface area contributed by atoms with Crippen molar-refractivity contribution in [1.82, 2.24) is 0 Å². The van der Waals surface area contributed by atoms with Crippen molar-refractivity contribution < 1.29 is 19.8 Å². The highest BCUT2D eigenvalue weighted by Crippen LogP contribution is 2.13. The van der Waals surface area contributed by atoms with Crippen LogP contribution in [0.5, 0.6) is 0 Å². The molecule has 0 unspecified atom stereocenters. The fourth-order valence-corrected chi connectivity index (χ4v) is 2.59. The van der Waals surface area contributed by atoms with Gasteiger partial charge in [0.25, 0.3) is 0 Å². The van der Waals surface area contributed by atoms with Gasteiger partial charge in [0.2, 0.25) is 0 Å². The van der Waals surface area contributed by atoms with Crippen LogP contribution in [0.15, 0.2) is 0 Å². The van der Waals surface area contributed by atoms with Crippen LogP contribution in [0.1, 0.15) is 0 Å². The van der Waals surface area contributed by atoms with Gasteiger partial charge in [0, 0.05) is 16.6 Å². The lowest BCUT2D eigenvalue weighted by Gasteiger charge is -2.07. The number of carboxylic acid groups (broad SMARTS) is 2. The van der Waals surface area contributed by atoms with E-state index < -0.39 is 24.0 Å². The van der Waals surface area contributed by atoms with Crippen molar-refractivity contribution in [3.63, 3.8) is 0 Å². The van der Waals surface area contributed by atoms with E-state index in [-0.39, 0.29) is 12.4 Å². The first kappa shape index (κ1) is 18.2. The van der Waals surface area contributed by atoms with Gasteiger partial charge in [-0.1, -0.05) is 0 Å². The number of thioether (sulfide) groups is 2. The normalized spacial score (nSPS) is 13.6. The van der Waals surface area contributed by atoms with Gasteiger partial charge < -0.3 is 21.7 Å². The smallest absolute Gasteiger partial charge is 0.321 e. The fraction of sp³-hybridized carbons (Fsp3) is 0.714. The standard InChI is InChI=1S/C7H14N2O4S2.ClH/c8-4(6(10)11)1-14-3-15-2-5(9)7(12)13;/h4-5H,1-3,8-9H2,(H,10,11)(H,12,13);1H/t4-,5-;/m0./s1. The molecule has 9 heteroatoms. The van der Waals surface area contributed by atoms with Crippen LogP contribution in [0.2, 0.25) is 0 Å². The van der Waals surface area contributed by atoms with E-state index in [9.17, 15) is 9.59 Å². The molecule has 0 aliphatic rings. The van der Waals surface area contributed by atoms with Crippen molar-refractivity contribution in [3.05, 3.63) is 0 Å². The average molecular weight is 291 g/mol. The minimum Gasteiger partial charge on any atom is -0.480 e. The molecule has 96 valence electrons. The van der Waals surface area contributed by atoms with E-state index in [0.29, 0.717) is 16.6 Å². The van der Waals surface area contributed by atoms with Gasteiger partial charge in [0.1, 0.15) is 12.1 Å². The van der Waals surface area contributed by atoms with Gasteiger partial charge in [0.15, 0.2) is 0 Å². The summed E-state index contributed by atoms with van der Waals surface area (Å²) in [7, 11) is 0. The van der Waals surface area contributed by atoms with E-state index in [1.165, 1.54) is 23.5 Å². The molecule has 6 N–H and O–H groups in total. The Balaban J connectivity index is 0. The maximum Gasteiger partial charge on any atom is 0.321 e. The van der Waals surface area contributed by atoms with Gasteiger partial charge in [-0.05, 0) is 0 Å². The Morgan fingerprint density at radius 3 is 1.56 bits per heavy atom. The number of aliphatic carboxylic acids is 2. The molecule has 0 aliphatic carbocycles. The first-order chi connectivity index (χ1) is 6.95. The summed E-state index contributed by atoms with van der Waals surface area (Å²) in [5, 5.41) is 17.5. The van der Waals surface area contributed by atoms with Crippen LogP contribution in [0, 0.1) is 0 Å². The molecule has 0 bridgehead atoms. The second-order valence-electron chi connectivity index (χ2n) is 2.75. The maximum absolute atomic E-state index is 10.3. The van der Waals surface area contributed by atoms with E-state index in [1.807, 2.05) is 0 Å². The summed E-state index contributed by atoms with van der Waals surface area (Å²) in [5.41, 5.74) is 10.5. The topological polar surface area (TPSA) is 127 Å². The number of halogens is 1. The Hall–Kier alpha value is -0.150. The van der Waals surface area contributed by atoms with E-state index >= 15 is 0 Å². The number of carbonyl (C=O) groups is 2. The lowest BCUT2D eigenvalue weighted by Crippen LogP contribution is -2.33. The van der Waals surface area contributed by atoms with Gasteiger partial charge in [-0.2, -0.15) is 0 Å². The van der Waals surface area contributed by atoms with Gasteiger partial charge in [0.05, 0.1) is 0 Å². The SMILES string of the molecule is Cl.N[C@@H](CSCSC[C@H](N)C(=O)O)C(=O)O. The number of carboxylic acids is 2. The van der Waals surface area contributed by atoms with Gasteiger partial charge in [-0.3, -0.25) is 9.59 Å². The van der Waals surface area contributed by atoms with E-state index in [4.69, 9.17) is 21.7 Å². The number of hydrogen-bond acceptors (Lipinski definition) is 6. The summed E-state index contributed by atoms with van der Waals surface area (Å²) < 4.78 is 0. The first-order valence-corrected chi connectivity index (χ1v) is 6.38. The molecule has 0 saturated carbocycles. The molecule has 0 aromatic rings. The molecule has 0 saturated heterocycles. The summed E-state index contributed by atoms with van der Waals surface area (Å²) in [5.74, 6) is -1.44. The van der Waals surface area contributed by atoms with Crippen molar-refractivity contribution >= 4 is 47.9 Å². The number of rotatable bonds is 8. The first-order valence-electron chi connectivity index (χ1n) is 4.07. The summed E-state index contributed by atoms with van der Waals surface area (Å²) in [6, 6.07) is -1.74. The fourth-order valence-electron chi connectivity index (χ4n) is 0.552. The zero-order valence-electron chi connectivity index (χ0n) is 8.37. The predicted octanol–water partition coefficient (Wildman–Crippen LogP) is -0.344. The van der Waals surface area contributed by atoms with Crippen LogP contribution >= 0.6 is 35.9 Å². The van der Waals surface area contributed by atoms with Crippen LogP contribution < -0.4 is 11.5 Å². The molecule has 0 rings (SSSR count). The number of hydrogen-bond donors (Lipinski definition) is 4. The van der Waals surface area contributed by atoms with E-state index in [2.05, 4.69) is 0 Å². The van der Waals surface area contributed by atoms with Crippen LogP contribution in [-0.2, 0) is 9.59 Å². The highest BCUT2D eigenvalue weighted by Gasteiger charge is 2.12. The maximum atomic E-state index is 10.3. The van der Waals surface area contributed by atoms with Crippen molar-refractivity contribution in [2.45, 2.75) is 12.1 Å². The van der Waals surface area contributed by atoms with Gasteiger partial charge >= 0.3 is 11.9 Å². The van der Waals surface area contributed by atoms with Crippen molar-refractivity contribution in [1.29, 1.82) is 0 Å². The summed E-state index contributed by atoms with van der Waals surface area (Å²) in [4.78, 5) is 20.6. The zero-order chi connectivity index (χ0) is 11.8. The van der Waals surface area contributed by atoms with Crippen LogP contribution in [0.25, 0.3) is 0 Å². The molecular weight excluding hydrogens is 276 g/mol. The predicted molar refractivity (Wildman–Crippen MR) is 68.3 cm³/mol. The Bertz CT molecular complexity index is 210. The molecule has 2 atom stereocenters. The molecule has 0 aliphatic heterocycles. The number of nitrogens with two attached hydrogens (primary N) is 2. The van der Waals surface area contributed by atoms with Crippen molar-refractivity contribution in [2.75, 3.05) is 16.6 Å². The lowest BCUT2D eigenvalue weighted by atomic mass is 10.4. The van der Waals surface area contributed by atoms with Gasteiger partial charge in [-0.15, -0.1) is 35.9 Å². The molecule has 16 heavy (non-hydrogen) atoms. The molecular formula is C7H15ClN2O4S2. The monoisotopic (exact) mass is 290 g/mol. The van der Waals surface area contributed by atoms with E-state index in [1.54, 1.807) is 0 Å². The lowest BCUT2D eigenvalue weighted by molar-refractivity contribution is -0.138. The largest absolute Gasteiger partial charge is 0.480 e. The van der Waals surface area contributed by atoms with Crippen LogP contribution in [-0.4, -0.2) is 50.8 Å². The summed E-state index contributed by atoms with van der Waals surface area (Å²) in [6.07, 6.45) is 0. The molecule has 0 aromatic heterocycles. The molecule has 0 amide bonds. The van der Waals surface area contributed by atoms with Crippen molar-refractivity contribution in [2.24, 2.45) is 11.5 Å². The van der Waals surface area contributed by atoms with E-state index in [0.717, 1.165) is 0 Å². The van der Waals surface area contributed by atoms with Crippen LogP contribution in [0.4, 0.5) is 0 Å².